The van der Waals surface area contributed by atoms with Crippen molar-refractivity contribution in [3.8, 4) is 10.6 Å². The molecule has 1 aliphatic carbocycles. The molecule has 0 unspecified atom stereocenters. The average molecular weight is 298 g/mol. The Kier molecular flexibility index (Phi) is 3.20. The zero-order valence-electron chi connectivity index (χ0n) is 9.98. The molecule has 0 radical (unpaired) electrons. The number of nitrogens with one attached hydrogen (secondary N) is 1. The number of nitrogen functional groups attached to an aromatic ring is 1. The van der Waals surface area contributed by atoms with Gasteiger partial charge in [0.15, 0.2) is 0 Å². The second kappa shape index (κ2) is 4.86. The summed E-state index contributed by atoms with van der Waals surface area (Å²) in [7, 11) is 0. The van der Waals surface area contributed by atoms with Crippen LogP contribution in [0.2, 0.25) is 4.34 Å². The second-order valence-electron chi connectivity index (χ2n) is 4.53. The fourth-order valence-electron chi connectivity index (χ4n) is 1.78. The van der Waals surface area contributed by atoms with E-state index in [1.165, 1.54) is 24.2 Å². The van der Waals surface area contributed by atoms with Crippen molar-refractivity contribution in [1.82, 2.24) is 10.5 Å². The third-order valence-electron chi connectivity index (χ3n) is 3.00. The molecule has 0 spiro atoms. The molecule has 19 heavy (non-hydrogen) atoms. The molecule has 2 aromatic rings. The Morgan fingerprint density at radius 2 is 2.37 bits per heavy atom. The molecule has 7 heteroatoms. The fraction of sp³-hybridized carbons (Fsp3) is 0.333. The summed E-state index contributed by atoms with van der Waals surface area (Å²) >= 11 is 7.22. The van der Waals surface area contributed by atoms with Crippen molar-refractivity contribution in [3.05, 3.63) is 22.0 Å². The first-order valence-electron chi connectivity index (χ1n) is 5.94. The predicted octanol–water partition coefficient (Wildman–Crippen LogP) is 2.78. The van der Waals surface area contributed by atoms with Gasteiger partial charge in [0, 0.05) is 6.54 Å². The lowest BCUT2D eigenvalue weighted by Gasteiger charge is -2.03. The Hall–Kier alpha value is -1.53. The van der Waals surface area contributed by atoms with E-state index in [9.17, 15) is 4.79 Å². The van der Waals surface area contributed by atoms with E-state index in [-0.39, 0.29) is 11.8 Å². The van der Waals surface area contributed by atoms with Crippen LogP contribution in [-0.4, -0.2) is 17.6 Å². The standard InChI is InChI=1S/C12H12ClN3O2S/c13-8-4-3-7(19-8)10-9(11(14)18-16-10)12(17)15-5-6-1-2-6/h3-4,6H,1-2,5,14H2,(H,15,17). The highest BCUT2D eigenvalue weighted by Crippen LogP contribution is 2.34. The highest BCUT2D eigenvalue weighted by molar-refractivity contribution is 7.19. The van der Waals surface area contributed by atoms with Gasteiger partial charge in [0.1, 0.15) is 11.3 Å². The van der Waals surface area contributed by atoms with Gasteiger partial charge in [-0.25, -0.2) is 0 Å². The second-order valence-corrected chi connectivity index (χ2v) is 6.24. The van der Waals surface area contributed by atoms with Crippen LogP contribution in [0.1, 0.15) is 23.2 Å². The number of hydrogen-bond donors (Lipinski definition) is 2. The van der Waals surface area contributed by atoms with Crippen molar-refractivity contribution < 1.29 is 9.32 Å². The van der Waals surface area contributed by atoms with Crippen molar-refractivity contribution in [1.29, 1.82) is 0 Å². The SMILES string of the molecule is Nc1onc(-c2ccc(Cl)s2)c1C(=O)NCC1CC1. The normalized spacial score (nSPS) is 14.6. The Morgan fingerprint density at radius 3 is 3.00 bits per heavy atom. The highest BCUT2D eigenvalue weighted by Gasteiger charge is 2.26. The molecule has 1 aliphatic rings. The molecule has 0 aromatic carbocycles. The van der Waals surface area contributed by atoms with E-state index in [4.69, 9.17) is 21.9 Å². The summed E-state index contributed by atoms with van der Waals surface area (Å²) in [4.78, 5) is 12.9. The number of halogens is 1. The van der Waals surface area contributed by atoms with Crippen molar-refractivity contribution in [3.63, 3.8) is 0 Å². The van der Waals surface area contributed by atoms with Crippen LogP contribution in [0, 0.1) is 5.92 Å². The number of carbonyl (C=O) groups excluding carboxylic acids is 1. The maximum atomic E-state index is 12.1. The van der Waals surface area contributed by atoms with Crippen LogP contribution in [0.4, 0.5) is 5.88 Å². The van der Waals surface area contributed by atoms with Gasteiger partial charge in [-0.3, -0.25) is 4.79 Å². The minimum absolute atomic E-state index is 0.0350. The molecule has 1 fully saturated rings. The minimum atomic E-state index is -0.245. The lowest BCUT2D eigenvalue weighted by Crippen LogP contribution is -2.26. The molecule has 1 saturated carbocycles. The molecule has 0 saturated heterocycles. The van der Waals surface area contributed by atoms with Gasteiger partial charge in [0.05, 0.1) is 9.21 Å². The van der Waals surface area contributed by atoms with Crippen molar-refractivity contribution in [2.45, 2.75) is 12.8 Å². The van der Waals surface area contributed by atoms with Crippen LogP contribution in [0.5, 0.6) is 0 Å². The van der Waals surface area contributed by atoms with E-state index in [2.05, 4.69) is 10.5 Å². The molecule has 0 aliphatic heterocycles. The first-order valence-corrected chi connectivity index (χ1v) is 7.13. The molecular formula is C12H12ClN3O2S. The van der Waals surface area contributed by atoms with Crippen molar-refractivity contribution in [2.75, 3.05) is 12.3 Å². The van der Waals surface area contributed by atoms with Gasteiger partial charge in [-0.05, 0) is 30.9 Å². The molecule has 1 amide bonds. The lowest BCUT2D eigenvalue weighted by atomic mass is 10.2. The third kappa shape index (κ3) is 2.59. The Labute approximate surface area is 118 Å². The predicted molar refractivity (Wildman–Crippen MR) is 74.3 cm³/mol. The summed E-state index contributed by atoms with van der Waals surface area (Å²) in [5.41, 5.74) is 6.43. The number of nitrogens with two attached hydrogens (primary N) is 1. The van der Waals surface area contributed by atoms with Gasteiger partial charge in [0.25, 0.3) is 5.91 Å². The number of nitrogens with zero attached hydrogens (tertiary/aromatic N) is 1. The van der Waals surface area contributed by atoms with E-state index in [1.54, 1.807) is 12.1 Å². The van der Waals surface area contributed by atoms with E-state index in [0.29, 0.717) is 28.1 Å². The largest absolute Gasteiger partial charge is 0.367 e. The van der Waals surface area contributed by atoms with Gasteiger partial charge >= 0.3 is 0 Å². The minimum Gasteiger partial charge on any atom is -0.367 e. The number of amides is 1. The number of thiophene rings is 1. The van der Waals surface area contributed by atoms with E-state index in [1.807, 2.05) is 0 Å². The van der Waals surface area contributed by atoms with Crippen LogP contribution in [0.25, 0.3) is 10.6 Å². The first-order chi connectivity index (χ1) is 9.15. The van der Waals surface area contributed by atoms with E-state index in [0.717, 1.165) is 4.88 Å². The molecule has 0 atom stereocenters. The molecule has 3 rings (SSSR count). The summed E-state index contributed by atoms with van der Waals surface area (Å²) in [6, 6.07) is 3.54. The highest BCUT2D eigenvalue weighted by atomic mass is 35.5. The van der Waals surface area contributed by atoms with Gasteiger partial charge in [0.2, 0.25) is 5.88 Å². The molecule has 0 bridgehead atoms. The summed E-state index contributed by atoms with van der Waals surface area (Å²) in [6.45, 7) is 0.675. The van der Waals surface area contributed by atoms with E-state index < -0.39 is 0 Å². The first kappa shape index (κ1) is 12.5. The van der Waals surface area contributed by atoms with Crippen molar-refractivity contribution in [2.24, 2.45) is 5.92 Å². The van der Waals surface area contributed by atoms with Crippen LogP contribution < -0.4 is 11.1 Å². The van der Waals surface area contributed by atoms with Crippen LogP contribution in [0.3, 0.4) is 0 Å². The number of carbonyl (C=O) groups is 1. The number of anilines is 1. The van der Waals surface area contributed by atoms with Crippen LogP contribution in [-0.2, 0) is 0 Å². The van der Waals surface area contributed by atoms with E-state index >= 15 is 0 Å². The molecule has 2 aromatic heterocycles. The quantitative estimate of drug-likeness (QED) is 0.909. The van der Waals surface area contributed by atoms with Gasteiger partial charge in [-0.2, -0.15) is 0 Å². The van der Waals surface area contributed by atoms with Gasteiger partial charge in [-0.1, -0.05) is 16.8 Å². The molecule has 2 heterocycles. The average Bonchev–Trinajstić information content (AvgIpc) is 3.00. The summed E-state index contributed by atoms with van der Waals surface area (Å²) in [5, 5.41) is 6.71. The maximum absolute atomic E-state index is 12.1. The third-order valence-corrected chi connectivity index (χ3v) is 4.24. The zero-order chi connectivity index (χ0) is 13.4. The lowest BCUT2D eigenvalue weighted by molar-refractivity contribution is 0.0953. The molecule has 3 N–H and O–H groups in total. The molecule has 100 valence electrons. The number of aromatic nitrogens is 1. The summed E-state index contributed by atoms with van der Waals surface area (Å²) < 4.78 is 5.56. The zero-order valence-corrected chi connectivity index (χ0v) is 11.6. The monoisotopic (exact) mass is 297 g/mol. The van der Waals surface area contributed by atoms with Gasteiger partial charge < -0.3 is 15.6 Å². The van der Waals surface area contributed by atoms with Gasteiger partial charge in [-0.15, -0.1) is 11.3 Å². The summed E-state index contributed by atoms with van der Waals surface area (Å²) in [5.74, 6) is 0.391. The van der Waals surface area contributed by atoms with Crippen molar-refractivity contribution >= 4 is 34.7 Å². The Bertz CT molecular complexity index is 618. The molecular weight excluding hydrogens is 286 g/mol. The number of rotatable bonds is 4. The Morgan fingerprint density at radius 1 is 1.58 bits per heavy atom. The number of hydrogen-bond acceptors (Lipinski definition) is 5. The smallest absolute Gasteiger partial charge is 0.259 e. The van der Waals surface area contributed by atoms with Crippen LogP contribution in [0.15, 0.2) is 16.7 Å². The Balaban J connectivity index is 1.86. The van der Waals surface area contributed by atoms with Crippen LogP contribution >= 0.6 is 22.9 Å². The topological polar surface area (TPSA) is 81.2 Å². The fourth-order valence-corrected chi connectivity index (χ4v) is 2.81. The summed E-state index contributed by atoms with van der Waals surface area (Å²) in [6.07, 6.45) is 2.35. The molecule has 5 nitrogen and oxygen atoms in total. The maximum Gasteiger partial charge on any atom is 0.259 e.